The van der Waals surface area contributed by atoms with E-state index in [1.165, 1.54) is 24.8 Å². The molecule has 0 spiro atoms. The first kappa shape index (κ1) is 17.6. The number of nitrogens with one attached hydrogen (secondary N) is 1. The van der Waals surface area contributed by atoms with E-state index in [0.29, 0.717) is 5.41 Å². The average Bonchev–Trinajstić information content (AvgIpc) is 3.42. The van der Waals surface area contributed by atoms with E-state index in [-0.39, 0.29) is 5.91 Å². The molecular weight excluding hydrogens is 310 g/mol. The Bertz CT molecular complexity index is 706. The van der Waals surface area contributed by atoms with Gasteiger partial charge in [-0.05, 0) is 68.6 Å². The maximum absolute atomic E-state index is 12.3. The van der Waals surface area contributed by atoms with E-state index in [2.05, 4.69) is 36.4 Å². The van der Waals surface area contributed by atoms with Gasteiger partial charge in [-0.2, -0.15) is 0 Å². The summed E-state index contributed by atoms with van der Waals surface area (Å²) < 4.78 is 0. The second-order valence-electron chi connectivity index (χ2n) is 7.29. The van der Waals surface area contributed by atoms with Crippen LogP contribution in [0.4, 0.5) is 5.69 Å². The van der Waals surface area contributed by atoms with Crippen LogP contribution in [0.2, 0.25) is 0 Å². The van der Waals surface area contributed by atoms with E-state index in [4.69, 9.17) is 5.73 Å². The molecule has 3 N–H and O–H groups in total. The molecule has 1 amide bonds. The molecular formula is C21H27N3O. The number of rotatable bonds is 7. The second kappa shape index (κ2) is 7.38. The molecule has 0 saturated heterocycles. The molecule has 1 unspecified atom stereocenters. The van der Waals surface area contributed by atoms with Crippen LogP contribution in [0.1, 0.15) is 36.4 Å². The third kappa shape index (κ3) is 4.27. The van der Waals surface area contributed by atoms with Gasteiger partial charge in [0, 0.05) is 5.69 Å². The van der Waals surface area contributed by atoms with Crippen LogP contribution >= 0.6 is 0 Å². The van der Waals surface area contributed by atoms with Crippen molar-refractivity contribution in [2.24, 2.45) is 5.73 Å². The van der Waals surface area contributed by atoms with Gasteiger partial charge in [0.15, 0.2) is 0 Å². The van der Waals surface area contributed by atoms with Gasteiger partial charge < -0.3 is 16.0 Å². The third-order valence-electron chi connectivity index (χ3n) is 5.10. The Morgan fingerprint density at radius 2 is 1.76 bits per heavy atom. The molecule has 1 aliphatic rings. The number of hydrogen-bond acceptors (Lipinski definition) is 3. The molecule has 4 nitrogen and oxygen atoms in total. The zero-order chi connectivity index (χ0) is 17.9. The summed E-state index contributed by atoms with van der Waals surface area (Å²) in [6, 6.07) is 17.0. The van der Waals surface area contributed by atoms with Gasteiger partial charge >= 0.3 is 0 Å². The average molecular weight is 337 g/mol. The van der Waals surface area contributed by atoms with E-state index in [9.17, 15) is 4.79 Å². The molecule has 132 valence electrons. The molecule has 3 rings (SSSR count). The molecule has 2 aromatic carbocycles. The van der Waals surface area contributed by atoms with Crippen molar-refractivity contribution in [1.82, 2.24) is 4.90 Å². The lowest BCUT2D eigenvalue weighted by Gasteiger charge is -2.19. The summed E-state index contributed by atoms with van der Waals surface area (Å²) in [6.07, 6.45) is 3.70. The highest BCUT2D eigenvalue weighted by molar-refractivity contribution is 5.95. The van der Waals surface area contributed by atoms with Crippen molar-refractivity contribution in [1.29, 1.82) is 0 Å². The van der Waals surface area contributed by atoms with Gasteiger partial charge in [-0.3, -0.25) is 4.79 Å². The number of carbonyl (C=O) groups is 1. The molecule has 2 aromatic rings. The SMILES string of the molecule is CN(C)CCC1(c2ccc(NC(=O)C(N)c3ccccc3)cc2)CC1. The van der Waals surface area contributed by atoms with Gasteiger partial charge in [0.25, 0.3) is 0 Å². The van der Waals surface area contributed by atoms with Gasteiger partial charge in [0.1, 0.15) is 6.04 Å². The van der Waals surface area contributed by atoms with Crippen LogP contribution < -0.4 is 11.1 Å². The number of nitrogens with two attached hydrogens (primary N) is 1. The zero-order valence-electron chi connectivity index (χ0n) is 15.0. The molecule has 0 heterocycles. The van der Waals surface area contributed by atoms with Crippen LogP contribution in [0.25, 0.3) is 0 Å². The quantitative estimate of drug-likeness (QED) is 0.815. The summed E-state index contributed by atoms with van der Waals surface area (Å²) >= 11 is 0. The van der Waals surface area contributed by atoms with E-state index in [1.54, 1.807) is 0 Å². The first-order valence-electron chi connectivity index (χ1n) is 8.87. The summed E-state index contributed by atoms with van der Waals surface area (Å²) in [5, 5.41) is 2.92. The lowest BCUT2D eigenvalue weighted by molar-refractivity contribution is -0.117. The Balaban J connectivity index is 1.62. The standard InChI is InChI=1S/C21H27N3O/c1-24(2)15-14-21(12-13-21)17-8-10-18(11-9-17)23-20(25)19(22)16-6-4-3-5-7-16/h3-11,19H,12-15,22H2,1-2H3,(H,23,25). The van der Waals surface area contributed by atoms with Gasteiger partial charge in [-0.1, -0.05) is 42.5 Å². The van der Waals surface area contributed by atoms with Gasteiger partial charge in [0.2, 0.25) is 5.91 Å². The van der Waals surface area contributed by atoms with Crippen molar-refractivity contribution < 1.29 is 4.79 Å². The van der Waals surface area contributed by atoms with Crippen LogP contribution in [-0.2, 0) is 10.2 Å². The summed E-state index contributed by atoms with van der Waals surface area (Å²) in [5.74, 6) is -0.187. The first-order chi connectivity index (χ1) is 12.0. The minimum atomic E-state index is -0.657. The number of carbonyl (C=O) groups excluding carboxylic acids is 1. The molecule has 25 heavy (non-hydrogen) atoms. The molecule has 1 atom stereocenters. The molecule has 1 saturated carbocycles. The molecule has 0 aliphatic heterocycles. The van der Waals surface area contributed by atoms with Crippen LogP contribution in [0.5, 0.6) is 0 Å². The minimum absolute atomic E-state index is 0.187. The van der Waals surface area contributed by atoms with Crippen molar-refractivity contribution in [3.8, 4) is 0 Å². The predicted molar refractivity (Wildman–Crippen MR) is 103 cm³/mol. The highest BCUT2D eigenvalue weighted by atomic mass is 16.2. The van der Waals surface area contributed by atoms with Gasteiger partial charge in [-0.15, -0.1) is 0 Å². The van der Waals surface area contributed by atoms with E-state index < -0.39 is 6.04 Å². The Kier molecular flexibility index (Phi) is 5.21. The molecule has 0 bridgehead atoms. The predicted octanol–water partition coefficient (Wildman–Crippen LogP) is 3.31. The Labute approximate surface area is 150 Å². The van der Waals surface area contributed by atoms with Gasteiger partial charge in [0.05, 0.1) is 0 Å². The van der Waals surface area contributed by atoms with Crippen LogP contribution in [0.3, 0.4) is 0 Å². The number of hydrogen-bond donors (Lipinski definition) is 2. The largest absolute Gasteiger partial charge is 0.324 e. The smallest absolute Gasteiger partial charge is 0.245 e. The summed E-state index contributed by atoms with van der Waals surface area (Å²) in [5.41, 5.74) is 9.37. The lowest BCUT2D eigenvalue weighted by atomic mass is 9.92. The van der Waals surface area contributed by atoms with Crippen molar-refractivity contribution in [2.45, 2.75) is 30.7 Å². The molecule has 4 heteroatoms. The van der Waals surface area contributed by atoms with Crippen molar-refractivity contribution in [3.05, 3.63) is 65.7 Å². The molecule has 1 fully saturated rings. The fraction of sp³-hybridized carbons (Fsp3) is 0.381. The van der Waals surface area contributed by atoms with Crippen molar-refractivity contribution >= 4 is 11.6 Å². The Hall–Kier alpha value is -2.17. The number of benzene rings is 2. The highest BCUT2D eigenvalue weighted by Gasteiger charge is 2.43. The number of amides is 1. The highest BCUT2D eigenvalue weighted by Crippen LogP contribution is 2.51. The fourth-order valence-electron chi connectivity index (χ4n) is 3.21. The first-order valence-corrected chi connectivity index (χ1v) is 8.87. The van der Waals surface area contributed by atoms with Crippen molar-refractivity contribution in [3.63, 3.8) is 0 Å². The van der Waals surface area contributed by atoms with Crippen LogP contribution in [-0.4, -0.2) is 31.4 Å². The Morgan fingerprint density at radius 3 is 2.32 bits per heavy atom. The molecule has 0 radical (unpaired) electrons. The molecule has 0 aromatic heterocycles. The number of nitrogens with zero attached hydrogens (tertiary/aromatic N) is 1. The number of anilines is 1. The van der Waals surface area contributed by atoms with Crippen molar-refractivity contribution in [2.75, 3.05) is 26.0 Å². The lowest BCUT2D eigenvalue weighted by Crippen LogP contribution is -2.27. The van der Waals surface area contributed by atoms with E-state index in [0.717, 1.165) is 17.8 Å². The van der Waals surface area contributed by atoms with Crippen LogP contribution in [0.15, 0.2) is 54.6 Å². The summed E-state index contributed by atoms with van der Waals surface area (Å²) in [4.78, 5) is 14.6. The van der Waals surface area contributed by atoms with E-state index in [1.807, 2.05) is 42.5 Å². The maximum atomic E-state index is 12.3. The maximum Gasteiger partial charge on any atom is 0.245 e. The second-order valence-corrected chi connectivity index (χ2v) is 7.29. The topological polar surface area (TPSA) is 58.4 Å². The summed E-state index contributed by atoms with van der Waals surface area (Å²) in [7, 11) is 4.23. The van der Waals surface area contributed by atoms with Crippen LogP contribution in [0, 0.1) is 0 Å². The summed E-state index contributed by atoms with van der Waals surface area (Å²) in [6.45, 7) is 1.10. The Morgan fingerprint density at radius 1 is 1.12 bits per heavy atom. The normalized spacial score (nSPS) is 16.5. The van der Waals surface area contributed by atoms with Gasteiger partial charge in [-0.25, -0.2) is 0 Å². The minimum Gasteiger partial charge on any atom is -0.324 e. The zero-order valence-corrected chi connectivity index (χ0v) is 15.0. The fourth-order valence-corrected chi connectivity index (χ4v) is 3.21. The monoisotopic (exact) mass is 337 g/mol. The third-order valence-corrected chi connectivity index (χ3v) is 5.10. The van der Waals surface area contributed by atoms with E-state index >= 15 is 0 Å². The molecule has 1 aliphatic carbocycles.